The summed E-state index contributed by atoms with van der Waals surface area (Å²) in [5.41, 5.74) is 2.39. The summed E-state index contributed by atoms with van der Waals surface area (Å²) in [6.45, 7) is 2.83. The van der Waals surface area contributed by atoms with Crippen molar-refractivity contribution in [2.75, 3.05) is 5.75 Å². The van der Waals surface area contributed by atoms with Crippen molar-refractivity contribution in [2.45, 2.75) is 26.3 Å². The van der Waals surface area contributed by atoms with Gasteiger partial charge in [0.25, 0.3) is 10.1 Å². The molecule has 2 aromatic rings. The number of benzene rings is 1. The van der Waals surface area contributed by atoms with E-state index in [2.05, 4.69) is 29.8 Å². The van der Waals surface area contributed by atoms with Gasteiger partial charge in [0.05, 0.1) is 5.75 Å². The Hall–Kier alpha value is -1.33. The van der Waals surface area contributed by atoms with Crippen LogP contribution in [0, 0.1) is 6.92 Å². The first kappa shape index (κ1) is 13.1. The molecule has 0 bridgehead atoms. The first-order valence-electron chi connectivity index (χ1n) is 5.97. The fourth-order valence-electron chi connectivity index (χ4n) is 2.18. The number of rotatable bonds is 5. The summed E-state index contributed by atoms with van der Waals surface area (Å²) >= 11 is 0. The highest BCUT2D eigenvalue weighted by molar-refractivity contribution is 7.85. The minimum atomic E-state index is -3.83. The second-order valence-electron chi connectivity index (χ2n) is 4.52. The van der Waals surface area contributed by atoms with Gasteiger partial charge in [0.15, 0.2) is 0 Å². The van der Waals surface area contributed by atoms with Crippen LogP contribution in [0.3, 0.4) is 0 Å². The van der Waals surface area contributed by atoms with Crippen molar-refractivity contribution >= 4 is 21.0 Å². The average Bonchev–Trinajstić information content (AvgIpc) is 2.62. The molecule has 1 aromatic carbocycles. The fourth-order valence-corrected chi connectivity index (χ4v) is 2.75. The second-order valence-corrected chi connectivity index (χ2v) is 6.09. The van der Waals surface area contributed by atoms with Crippen molar-refractivity contribution < 1.29 is 13.0 Å². The molecular formula is C13H17NO3S. The van der Waals surface area contributed by atoms with Gasteiger partial charge in [-0.15, -0.1) is 0 Å². The van der Waals surface area contributed by atoms with E-state index in [0.29, 0.717) is 6.42 Å². The van der Waals surface area contributed by atoms with Crippen molar-refractivity contribution in [2.24, 2.45) is 0 Å². The first-order valence-corrected chi connectivity index (χ1v) is 7.58. The molecule has 0 unspecified atom stereocenters. The van der Waals surface area contributed by atoms with E-state index in [1.54, 1.807) is 0 Å². The molecule has 0 amide bonds. The van der Waals surface area contributed by atoms with Crippen LogP contribution in [0.5, 0.6) is 0 Å². The summed E-state index contributed by atoms with van der Waals surface area (Å²) < 4.78 is 32.0. The molecule has 0 aliphatic carbocycles. The van der Waals surface area contributed by atoms with Crippen LogP contribution >= 0.6 is 0 Å². The molecule has 0 aliphatic heterocycles. The van der Waals surface area contributed by atoms with Gasteiger partial charge in [0.1, 0.15) is 0 Å². The maximum atomic E-state index is 10.6. The summed E-state index contributed by atoms with van der Waals surface area (Å²) in [4.78, 5) is 0. The van der Waals surface area contributed by atoms with Crippen LogP contribution in [-0.2, 0) is 16.7 Å². The molecule has 98 valence electrons. The SMILES string of the molecule is Cc1cn(CCCCS(=O)(=O)O)c2ccccc12. The van der Waals surface area contributed by atoms with E-state index >= 15 is 0 Å². The summed E-state index contributed by atoms with van der Waals surface area (Å²) in [5, 5.41) is 1.23. The lowest BCUT2D eigenvalue weighted by molar-refractivity contribution is 0.478. The van der Waals surface area contributed by atoms with Crippen LogP contribution in [-0.4, -0.2) is 23.3 Å². The van der Waals surface area contributed by atoms with E-state index < -0.39 is 10.1 Å². The van der Waals surface area contributed by atoms with Crippen LogP contribution in [0.25, 0.3) is 10.9 Å². The van der Waals surface area contributed by atoms with Crippen molar-refractivity contribution in [1.82, 2.24) is 4.57 Å². The van der Waals surface area contributed by atoms with Gasteiger partial charge in [0.2, 0.25) is 0 Å². The number of nitrogens with zero attached hydrogens (tertiary/aromatic N) is 1. The lowest BCUT2D eigenvalue weighted by Gasteiger charge is -2.04. The predicted octanol–water partition coefficient (Wildman–Crippen LogP) is 2.62. The van der Waals surface area contributed by atoms with E-state index in [4.69, 9.17) is 4.55 Å². The molecule has 2 rings (SSSR count). The molecule has 4 nitrogen and oxygen atoms in total. The first-order chi connectivity index (χ1) is 8.47. The molecular weight excluding hydrogens is 250 g/mol. The van der Waals surface area contributed by atoms with Gasteiger partial charge in [-0.1, -0.05) is 18.2 Å². The highest BCUT2D eigenvalue weighted by Crippen LogP contribution is 2.20. The Balaban J connectivity index is 2.04. The van der Waals surface area contributed by atoms with Crippen molar-refractivity contribution in [3.05, 3.63) is 36.0 Å². The Morgan fingerprint density at radius 3 is 2.67 bits per heavy atom. The monoisotopic (exact) mass is 267 g/mol. The van der Waals surface area contributed by atoms with E-state index in [1.165, 1.54) is 16.5 Å². The largest absolute Gasteiger partial charge is 0.347 e. The zero-order valence-electron chi connectivity index (χ0n) is 10.3. The summed E-state index contributed by atoms with van der Waals surface area (Å²) in [6.07, 6.45) is 3.29. The second kappa shape index (κ2) is 5.12. The number of aryl methyl sites for hydroxylation is 2. The predicted molar refractivity (Wildman–Crippen MR) is 72.3 cm³/mol. The van der Waals surface area contributed by atoms with Crippen molar-refractivity contribution in [3.8, 4) is 0 Å². The highest BCUT2D eigenvalue weighted by atomic mass is 32.2. The third-order valence-corrected chi connectivity index (χ3v) is 3.84. The van der Waals surface area contributed by atoms with Crippen LogP contribution < -0.4 is 0 Å². The number of aromatic nitrogens is 1. The van der Waals surface area contributed by atoms with Gasteiger partial charge in [-0.3, -0.25) is 4.55 Å². The molecule has 5 heteroatoms. The maximum absolute atomic E-state index is 10.6. The van der Waals surface area contributed by atoms with Gasteiger partial charge < -0.3 is 4.57 Å². The van der Waals surface area contributed by atoms with E-state index in [1.807, 2.05) is 12.1 Å². The van der Waals surface area contributed by atoms with Gasteiger partial charge in [0, 0.05) is 23.6 Å². The van der Waals surface area contributed by atoms with Crippen LogP contribution in [0.4, 0.5) is 0 Å². The zero-order valence-corrected chi connectivity index (χ0v) is 11.2. The van der Waals surface area contributed by atoms with Crippen molar-refractivity contribution in [3.63, 3.8) is 0 Å². The molecule has 1 aromatic heterocycles. The summed E-state index contributed by atoms with van der Waals surface area (Å²) in [7, 11) is -3.83. The van der Waals surface area contributed by atoms with Crippen molar-refractivity contribution in [1.29, 1.82) is 0 Å². The Morgan fingerprint density at radius 2 is 1.94 bits per heavy atom. The topological polar surface area (TPSA) is 59.3 Å². The van der Waals surface area contributed by atoms with Gasteiger partial charge in [-0.2, -0.15) is 8.42 Å². The van der Waals surface area contributed by atoms with E-state index in [9.17, 15) is 8.42 Å². The molecule has 18 heavy (non-hydrogen) atoms. The molecule has 0 spiro atoms. The maximum Gasteiger partial charge on any atom is 0.264 e. The molecule has 1 N–H and O–H groups in total. The Bertz CT molecular complexity index is 643. The van der Waals surface area contributed by atoms with E-state index in [0.717, 1.165) is 13.0 Å². The lowest BCUT2D eigenvalue weighted by atomic mass is 10.2. The van der Waals surface area contributed by atoms with Gasteiger partial charge in [-0.05, 0) is 31.4 Å². The Labute approximate surface area is 107 Å². The third kappa shape index (κ3) is 3.11. The minimum absolute atomic E-state index is 0.162. The molecule has 1 heterocycles. The van der Waals surface area contributed by atoms with Crippen LogP contribution in [0.15, 0.2) is 30.5 Å². The van der Waals surface area contributed by atoms with Gasteiger partial charge >= 0.3 is 0 Å². The normalized spacial score (nSPS) is 12.1. The highest BCUT2D eigenvalue weighted by Gasteiger charge is 2.06. The van der Waals surface area contributed by atoms with E-state index in [-0.39, 0.29) is 5.75 Å². The fraction of sp³-hybridized carbons (Fsp3) is 0.385. The summed E-state index contributed by atoms with van der Waals surface area (Å²) in [5.74, 6) is -0.162. The molecule has 0 saturated heterocycles. The van der Waals surface area contributed by atoms with Crippen LogP contribution in [0.2, 0.25) is 0 Å². The summed E-state index contributed by atoms with van der Waals surface area (Å²) in [6, 6.07) is 8.15. The molecule has 0 radical (unpaired) electrons. The minimum Gasteiger partial charge on any atom is -0.347 e. The molecule has 0 saturated carbocycles. The quantitative estimate of drug-likeness (QED) is 0.669. The smallest absolute Gasteiger partial charge is 0.264 e. The number of para-hydroxylation sites is 1. The number of hydrogen-bond acceptors (Lipinski definition) is 2. The molecule has 0 aliphatic rings. The number of hydrogen-bond donors (Lipinski definition) is 1. The standard InChI is InChI=1S/C13H17NO3S/c1-11-10-14(8-4-5-9-18(15,16)17)13-7-3-2-6-12(11)13/h2-3,6-7,10H,4-5,8-9H2,1H3,(H,15,16,17). The Kier molecular flexibility index (Phi) is 3.73. The van der Waals surface area contributed by atoms with Gasteiger partial charge in [-0.25, -0.2) is 0 Å². The number of unbranched alkanes of at least 4 members (excludes halogenated alkanes) is 1. The molecule has 0 atom stereocenters. The Morgan fingerprint density at radius 1 is 1.22 bits per heavy atom. The third-order valence-electron chi connectivity index (χ3n) is 3.04. The molecule has 0 fully saturated rings. The zero-order chi connectivity index (χ0) is 13.2. The number of fused-ring (bicyclic) bond motifs is 1. The average molecular weight is 267 g/mol. The lowest BCUT2D eigenvalue weighted by Crippen LogP contribution is -2.05. The van der Waals surface area contributed by atoms with Crippen LogP contribution in [0.1, 0.15) is 18.4 Å².